The molecule has 0 aliphatic heterocycles. The number of hydrogen-bond donors (Lipinski definition) is 1. The van der Waals surface area contributed by atoms with Gasteiger partial charge in [-0.1, -0.05) is 6.92 Å². The molecule has 0 heterocycles. The van der Waals surface area contributed by atoms with Gasteiger partial charge in [0.05, 0.1) is 16.0 Å². The summed E-state index contributed by atoms with van der Waals surface area (Å²) in [5, 5.41) is 14.0. The van der Waals surface area contributed by atoms with Gasteiger partial charge in [0.1, 0.15) is 11.4 Å². The molecular weight excluding hydrogens is 300 g/mol. The zero-order valence-corrected chi connectivity index (χ0v) is 12.3. The van der Waals surface area contributed by atoms with E-state index in [0.717, 1.165) is 6.42 Å². The van der Waals surface area contributed by atoms with Gasteiger partial charge >= 0.3 is 0 Å². The molecule has 100 valence electrons. The molecular formula is C12H17BrN2O3. The third kappa shape index (κ3) is 3.87. The van der Waals surface area contributed by atoms with Crippen molar-refractivity contribution < 1.29 is 9.66 Å². The molecule has 0 atom stereocenters. The van der Waals surface area contributed by atoms with Crippen molar-refractivity contribution in [1.82, 2.24) is 0 Å². The van der Waals surface area contributed by atoms with Gasteiger partial charge in [-0.2, -0.15) is 0 Å². The highest BCUT2D eigenvalue weighted by atomic mass is 79.9. The molecule has 0 spiro atoms. The first-order valence-electron chi connectivity index (χ1n) is 5.83. The second-order valence-electron chi connectivity index (χ2n) is 4.20. The molecule has 0 saturated carbocycles. The summed E-state index contributed by atoms with van der Waals surface area (Å²) in [6.45, 7) is 6.45. The van der Waals surface area contributed by atoms with Gasteiger partial charge in [0.2, 0.25) is 0 Å². The highest BCUT2D eigenvalue weighted by Gasteiger charge is 2.18. The van der Waals surface area contributed by atoms with Crippen molar-refractivity contribution in [3.63, 3.8) is 0 Å². The molecule has 0 aliphatic carbocycles. The zero-order valence-electron chi connectivity index (χ0n) is 10.7. The Balaban J connectivity index is 3.13. The van der Waals surface area contributed by atoms with Crippen LogP contribution in [-0.4, -0.2) is 17.6 Å². The maximum absolute atomic E-state index is 11.0. The maximum Gasteiger partial charge on any atom is 0.293 e. The van der Waals surface area contributed by atoms with Crippen LogP contribution < -0.4 is 10.1 Å². The third-order valence-electron chi connectivity index (χ3n) is 2.15. The van der Waals surface area contributed by atoms with Crippen molar-refractivity contribution in [2.24, 2.45) is 0 Å². The summed E-state index contributed by atoms with van der Waals surface area (Å²) in [6, 6.07) is 3.25. The summed E-state index contributed by atoms with van der Waals surface area (Å²) in [4.78, 5) is 10.6. The quantitative estimate of drug-likeness (QED) is 0.637. The fraction of sp³-hybridized carbons (Fsp3) is 0.500. The number of halogens is 1. The van der Waals surface area contributed by atoms with Crippen LogP contribution in [0.25, 0.3) is 0 Å². The Morgan fingerprint density at radius 2 is 2.17 bits per heavy atom. The van der Waals surface area contributed by atoms with E-state index in [2.05, 4.69) is 21.2 Å². The second-order valence-corrected chi connectivity index (χ2v) is 5.06. The van der Waals surface area contributed by atoms with E-state index < -0.39 is 4.92 Å². The van der Waals surface area contributed by atoms with Crippen LogP contribution in [-0.2, 0) is 0 Å². The van der Waals surface area contributed by atoms with Crippen LogP contribution >= 0.6 is 15.9 Å². The number of benzene rings is 1. The number of ether oxygens (including phenoxy) is 1. The fourth-order valence-corrected chi connectivity index (χ4v) is 1.89. The average molecular weight is 317 g/mol. The summed E-state index contributed by atoms with van der Waals surface area (Å²) in [6.07, 6.45) is 0.885. The molecule has 1 aromatic rings. The van der Waals surface area contributed by atoms with E-state index in [9.17, 15) is 10.1 Å². The van der Waals surface area contributed by atoms with Crippen LogP contribution in [0, 0.1) is 10.1 Å². The molecule has 0 aliphatic rings. The van der Waals surface area contributed by atoms with Crippen LogP contribution in [0.4, 0.5) is 11.4 Å². The van der Waals surface area contributed by atoms with Gasteiger partial charge in [0.15, 0.2) is 0 Å². The van der Waals surface area contributed by atoms with E-state index in [4.69, 9.17) is 4.74 Å². The van der Waals surface area contributed by atoms with Crippen molar-refractivity contribution in [3.8, 4) is 5.75 Å². The Kier molecular flexibility index (Phi) is 5.40. The molecule has 0 saturated heterocycles. The summed E-state index contributed by atoms with van der Waals surface area (Å²) >= 11 is 3.29. The molecule has 0 unspecified atom stereocenters. The zero-order chi connectivity index (χ0) is 13.7. The number of nitrogens with one attached hydrogen (secondary N) is 1. The summed E-state index contributed by atoms with van der Waals surface area (Å²) in [5.41, 5.74) is 0.517. The van der Waals surface area contributed by atoms with E-state index >= 15 is 0 Å². The Bertz CT molecular complexity index is 436. The van der Waals surface area contributed by atoms with Crippen LogP contribution in [0.3, 0.4) is 0 Å². The number of nitro groups is 1. The number of nitrogens with zero attached hydrogens (tertiary/aromatic N) is 1. The van der Waals surface area contributed by atoms with Crippen molar-refractivity contribution >= 4 is 27.3 Å². The summed E-state index contributed by atoms with van der Waals surface area (Å²) in [5.74, 6) is 0.616. The largest absolute Gasteiger partial charge is 0.492 e. The molecule has 6 heteroatoms. The summed E-state index contributed by atoms with van der Waals surface area (Å²) < 4.78 is 6.13. The smallest absolute Gasteiger partial charge is 0.293 e. The molecule has 0 fully saturated rings. The SMILES string of the molecule is CCCOc1cc(NC(C)C)c([N+](=O)[O-])cc1Br. The molecule has 0 radical (unpaired) electrons. The molecule has 5 nitrogen and oxygen atoms in total. The first-order chi connectivity index (χ1) is 8.45. The van der Waals surface area contributed by atoms with Crippen molar-refractivity contribution in [2.75, 3.05) is 11.9 Å². The topological polar surface area (TPSA) is 64.4 Å². The maximum atomic E-state index is 11.0. The van der Waals surface area contributed by atoms with E-state index in [-0.39, 0.29) is 11.7 Å². The van der Waals surface area contributed by atoms with Gasteiger partial charge in [0, 0.05) is 18.2 Å². The van der Waals surface area contributed by atoms with Gasteiger partial charge < -0.3 is 10.1 Å². The third-order valence-corrected chi connectivity index (χ3v) is 2.77. The molecule has 1 rings (SSSR count). The van der Waals surface area contributed by atoms with Crippen molar-refractivity contribution in [1.29, 1.82) is 0 Å². The number of nitro benzene ring substituents is 1. The highest BCUT2D eigenvalue weighted by Crippen LogP contribution is 2.36. The lowest BCUT2D eigenvalue weighted by molar-refractivity contribution is -0.384. The molecule has 1 aromatic carbocycles. The number of rotatable bonds is 6. The predicted molar refractivity (Wildman–Crippen MR) is 75.3 cm³/mol. The Hall–Kier alpha value is -1.30. The van der Waals surface area contributed by atoms with E-state index in [1.54, 1.807) is 6.07 Å². The minimum Gasteiger partial charge on any atom is -0.492 e. The van der Waals surface area contributed by atoms with Crippen LogP contribution in [0.15, 0.2) is 16.6 Å². The van der Waals surface area contributed by atoms with Gasteiger partial charge in [-0.25, -0.2) is 0 Å². The lowest BCUT2D eigenvalue weighted by Gasteiger charge is -2.13. The number of hydrogen-bond acceptors (Lipinski definition) is 4. The normalized spacial score (nSPS) is 10.5. The summed E-state index contributed by atoms with van der Waals surface area (Å²) in [7, 11) is 0. The van der Waals surface area contributed by atoms with Crippen LogP contribution in [0.5, 0.6) is 5.75 Å². The van der Waals surface area contributed by atoms with E-state index in [1.165, 1.54) is 6.07 Å². The Morgan fingerprint density at radius 1 is 1.50 bits per heavy atom. The average Bonchev–Trinajstić information content (AvgIpc) is 2.28. The molecule has 0 amide bonds. The Labute approximate surface area is 115 Å². The molecule has 0 aromatic heterocycles. The first kappa shape index (κ1) is 14.8. The van der Waals surface area contributed by atoms with Gasteiger partial charge in [-0.3, -0.25) is 10.1 Å². The fourth-order valence-electron chi connectivity index (χ4n) is 1.44. The van der Waals surface area contributed by atoms with Crippen LogP contribution in [0.1, 0.15) is 27.2 Å². The minimum absolute atomic E-state index is 0.0411. The molecule has 1 N–H and O–H groups in total. The van der Waals surface area contributed by atoms with Gasteiger partial charge in [-0.15, -0.1) is 0 Å². The first-order valence-corrected chi connectivity index (χ1v) is 6.62. The van der Waals surface area contributed by atoms with Crippen molar-refractivity contribution in [2.45, 2.75) is 33.2 Å². The van der Waals surface area contributed by atoms with E-state index in [1.807, 2.05) is 20.8 Å². The van der Waals surface area contributed by atoms with Crippen LogP contribution in [0.2, 0.25) is 0 Å². The monoisotopic (exact) mass is 316 g/mol. The minimum atomic E-state index is -0.404. The lowest BCUT2D eigenvalue weighted by Crippen LogP contribution is -2.11. The number of anilines is 1. The van der Waals surface area contributed by atoms with Gasteiger partial charge in [0.25, 0.3) is 5.69 Å². The molecule has 0 bridgehead atoms. The highest BCUT2D eigenvalue weighted by molar-refractivity contribution is 9.10. The lowest BCUT2D eigenvalue weighted by atomic mass is 10.2. The Morgan fingerprint density at radius 3 is 2.67 bits per heavy atom. The predicted octanol–water partition coefficient (Wildman–Crippen LogP) is 3.97. The standard InChI is InChI=1S/C12H17BrN2O3/c1-4-5-18-12-7-10(14-8(2)3)11(15(16)17)6-9(12)13/h6-8,14H,4-5H2,1-3H3. The van der Waals surface area contributed by atoms with Crippen molar-refractivity contribution in [3.05, 3.63) is 26.7 Å². The van der Waals surface area contributed by atoms with Gasteiger partial charge in [-0.05, 0) is 36.2 Å². The molecule has 18 heavy (non-hydrogen) atoms. The second kappa shape index (κ2) is 6.58. The van der Waals surface area contributed by atoms with E-state index in [0.29, 0.717) is 22.5 Å².